The minimum Gasteiger partial charge on any atom is -0.466 e. The fraction of sp³-hybridized carbons (Fsp3) is 0.500. The van der Waals surface area contributed by atoms with Crippen molar-refractivity contribution < 1.29 is 14.3 Å². The number of amides is 1. The largest absolute Gasteiger partial charge is 0.466 e. The Hall–Kier alpha value is -1.84. The molecule has 1 aromatic carbocycles. The number of rotatable bonds is 5. The van der Waals surface area contributed by atoms with Gasteiger partial charge in [-0.25, -0.2) is 0 Å². The van der Waals surface area contributed by atoms with E-state index in [-0.39, 0.29) is 23.8 Å². The summed E-state index contributed by atoms with van der Waals surface area (Å²) in [5, 5.41) is 2.97. The number of hydrogen-bond donors (Lipinski definition) is 1. The first kappa shape index (κ1) is 14.6. The zero-order valence-electron chi connectivity index (χ0n) is 12.0. The average Bonchev–Trinajstić information content (AvgIpc) is 2.79. The normalized spacial score (nSPS) is 21.6. The van der Waals surface area contributed by atoms with Crippen LogP contribution < -0.4 is 5.32 Å². The van der Waals surface area contributed by atoms with E-state index in [0.717, 1.165) is 5.56 Å². The van der Waals surface area contributed by atoms with Crippen molar-refractivity contribution in [1.82, 2.24) is 5.32 Å². The maximum atomic E-state index is 11.6. The van der Waals surface area contributed by atoms with Gasteiger partial charge in [-0.05, 0) is 25.8 Å². The van der Waals surface area contributed by atoms with Crippen molar-refractivity contribution in [2.45, 2.75) is 45.1 Å². The first-order valence-corrected chi connectivity index (χ1v) is 7.11. The Kier molecular flexibility index (Phi) is 4.77. The molecule has 1 fully saturated rings. The van der Waals surface area contributed by atoms with Gasteiger partial charge < -0.3 is 10.1 Å². The third-order valence-corrected chi connectivity index (χ3v) is 3.71. The molecule has 0 aliphatic carbocycles. The molecule has 1 saturated heterocycles. The van der Waals surface area contributed by atoms with Gasteiger partial charge in [0.25, 0.3) is 0 Å². The number of nitrogens with one attached hydrogen (secondary N) is 1. The second-order valence-corrected chi connectivity index (χ2v) is 5.24. The van der Waals surface area contributed by atoms with Gasteiger partial charge in [0.1, 0.15) is 0 Å². The molecule has 108 valence electrons. The molecule has 2 unspecified atom stereocenters. The molecule has 2 rings (SSSR count). The van der Waals surface area contributed by atoms with Crippen LogP contribution in [0.15, 0.2) is 24.3 Å². The van der Waals surface area contributed by atoms with Crippen molar-refractivity contribution >= 4 is 11.9 Å². The standard InChI is InChI=1S/C16H21NO3/c1-3-20-16(19)9-8-14-13(10-15(18)17-14)12-6-4-11(2)5-7-12/h4-7,13-14H,3,8-10H2,1-2H3,(H,17,18). The number of carbonyl (C=O) groups excluding carboxylic acids is 2. The minimum absolute atomic E-state index is 0.0228. The zero-order chi connectivity index (χ0) is 14.5. The third-order valence-electron chi connectivity index (χ3n) is 3.71. The quantitative estimate of drug-likeness (QED) is 0.839. The number of benzene rings is 1. The van der Waals surface area contributed by atoms with Crippen LogP contribution >= 0.6 is 0 Å². The molecule has 1 N–H and O–H groups in total. The van der Waals surface area contributed by atoms with Crippen LogP contribution in [0.4, 0.5) is 0 Å². The summed E-state index contributed by atoms with van der Waals surface area (Å²) < 4.78 is 4.93. The Morgan fingerprint density at radius 2 is 2.05 bits per heavy atom. The highest BCUT2D eigenvalue weighted by Crippen LogP contribution is 2.31. The van der Waals surface area contributed by atoms with E-state index in [1.807, 2.05) is 6.92 Å². The fourth-order valence-corrected chi connectivity index (χ4v) is 2.65. The smallest absolute Gasteiger partial charge is 0.305 e. The van der Waals surface area contributed by atoms with Gasteiger partial charge >= 0.3 is 5.97 Å². The molecule has 1 amide bonds. The van der Waals surface area contributed by atoms with Crippen LogP contribution in [0.3, 0.4) is 0 Å². The molecule has 1 aromatic rings. The lowest BCUT2D eigenvalue weighted by Gasteiger charge is -2.19. The van der Waals surface area contributed by atoms with E-state index < -0.39 is 0 Å². The van der Waals surface area contributed by atoms with E-state index in [0.29, 0.717) is 25.9 Å². The van der Waals surface area contributed by atoms with Crippen molar-refractivity contribution in [2.24, 2.45) is 0 Å². The topological polar surface area (TPSA) is 55.4 Å². The minimum atomic E-state index is -0.198. The molecule has 4 nitrogen and oxygen atoms in total. The highest BCUT2D eigenvalue weighted by atomic mass is 16.5. The Morgan fingerprint density at radius 1 is 1.35 bits per heavy atom. The lowest BCUT2D eigenvalue weighted by molar-refractivity contribution is -0.143. The molecular weight excluding hydrogens is 254 g/mol. The zero-order valence-corrected chi connectivity index (χ0v) is 12.0. The summed E-state index contributed by atoms with van der Waals surface area (Å²) in [6, 6.07) is 8.27. The van der Waals surface area contributed by atoms with Crippen LogP contribution in [-0.4, -0.2) is 24.5 Å². The average molecular weight is 275 g/mol. The molecule has 1 aliphatic rings. The van der Waals surface area contributed by atoms with Crippen LogP contribution in [0.2, 0.25) is 0 Å². The number of esters is 1. The van der Waals surface area contributed by atoms with Gasteiger partial charge in [-0.2, -0.15) is 0 Å². The van der Waals surface area contributed by atoms with E-state index >= 15 is 0 Å². The maximum Gasteiger partial charge on any atom is 0.305 e. The Labute approximate surface area is 119 Å². The number of carbonyl (C=O) groups is 2. The molecule has 0 bridgehead atoms. The van der Waals surface area contributed by atoms with Crippen LogP contribution in [0.25, 0.3) is 0 Å². The van der Waals surface area contributed by atoms with Crippen LogP contribution in [0.5, 0.6) is 0 Å². The van der Waals surface area contributed by atoms with Crippen LogP contribution in [0, 0.1) is 6.92 Å². The Morgan fingerprint density at radius 3 is 2.70 bits per heavy atom. The molecule has 2 atom stereocenters. The molecule has 20 heavy (non-hydrogen) atoms. The highest BCUT2D eigenvalue weighted by Gasteiger charge is 2.33. The van der Waals surface area contributed by atoms with Gasteiger partial charge in [0.05, 0.1) is 6.61 Å². The van der Waals surface area contributed by atoms with Crippen LogP contribution in [0.1, 0.15) is 43.2 Å². The predicted octanol–water partition coefficient (Wildman–Crippen LogP) is 2.31. The first-order chi connectivity index (χ1) is 9.60. The van der Waals surface area contributed by atoms with Crippen LogP contribution in [-0.2, 0) is 14.3 Å². The second kappa shape index (κ2) is 6.55. The molecule has 0 aromatic heterocycles. The Bertz CT molecular complexity index is 481. The second-order valence-electron chi connectivity index (χ2n) is 5.24. The highest BCUT2D eigenvalue weighted by molar-refractivity contribution is 5.80. The molecule has 4 heteroatoms. The van der Waals surface area contributed by atoms with Crippen molar-refractivity contribution in [3.8, 4) is 0 Å². The molecule has 0 saturated carbocycles. The van der Waals surface area contributed by atoms with Gasteiger partial charge in [-0.1, -0.05) is 29.8 Å². The van der Waals surface area contributed by atoms with Crippen molar-refractivity contribution in [1.29, 1.82) is 0 Å². The number of ether oxygens (including phenoxy) is 1. The van der Waals surface area contributed by atoms with Crippen molar-refractivity contribution in [3.05, 3.63) is 35.4 Å². The van der Waals surface area contributed by atoms with E-state index in [2.05, 4.69) is 29.6 Å². The van der Waals surface area contributed by atoms with E-state index in [1.54, 1.807) is 6.92 Å². The first-order valence-electron chi connectivity index (χ1n) is 7.11. The SMILES string of the molecule is CCOC(=O)CCC1NC(=O)CC1c1ccc(C)cc1. The summed E-state index contributed by atoms with van der Waals surface area (Å²) in [6.07, 6.45) is 1.47. The summed E-state index contributed by atoms with van der Waals surface area (Å²) in [7, 11) is 0. The van der Waals surface area contributed by atoms with Crippen molar-refractivity contribution in [3.63, 3.8) is 0 Å². The Balaban J connectivity index is 2.01. The molecule has 1 heterocycles. The third kappa shape index (κ3) is 3.59. The number of hydrogen-bond acceptors (Lipinski definition) is 3. The summed E-state index contributed by atoms with van der Waals surface area (Å²) in [6.45, 7) is 4.24. The predicted molar refractivity (Wildman–Crippen MR) is 76.3 cm³/mol. The van der Waals surface area contributed by atoms with Crippen molar-refractivity contribution in [2.75, 3.05) is 6.61 Å². The van der Waals surface area contributed by atoms with E-state index in [4.69, 9.17) is 4.74 Å². The lowest BCUT2D eigenvalue weighted by atomic mass is 9.89. The monoisotopic (exact) mass is 275 g/mol. The molecule has 1 aliphatic heterocycles. The van der Waals surface area contributed by atoms with Gasteiger partial charge in [-0.3, -0.25) is 9.59 Å². The summed E-state index contributed by atoms with van der Waals surface area (Å²) in [5.41, 5.74) is 2.36. The van der Waals surface area contributed by atoms with Gasteiger partial charge in [0.15, 0.2) is 0 Å². The number of aryl methyl sites for hydroxylation is 1. The van der Waals surface area contributed by atoms with Gasteiger partial charge in [-0.15, -0.1) is 0 Å². The molecular formula is C16H21NO3. The van der Waals surface area contributed by atoms with Gasteiger partial charge in [0.2, 0.25) is 5.91 Å². The van der Waals surface area contributed by atoms with E-state index in [9.17, 15) is 9.59 Å². The van der Waals surface area contributed by atoms with Gasteiger partial charge in [0, 0.05) is 24.8 Å². The molecule has 0 radical (unpaired) electrons. The van der Waals surface area contributed by atoms with E-state index in [1.165, 1.54) is 5.56 Å². The lowest BCUT2D eigenvalue weighted by Crippen LogP contribution is -2.29. The fourth-order valence-electron chi connectivity index (χ4n) is 2.65. The maximum absolute atomic E-state index is 11.6. The summed E-state index contributed by atoms with van der Waals surface area (Å²) in [5.74, 6) is 0.0123. The molecule has 0 spiro atoms. The summed E-state index contributed by atoms with van der Waals surface area (Å²) in [4.78, 5) is 23.1. The summed E-state index contributed by atoms with van der Waals surface area (Å²) >= 11 is 0.